The zero-order valence-corrected chi connectivity index (χ0v) is 15.8. The Kier molecular flexibility index (Phi) is 4.97. The quantitative estimate of drug-likeness (QED) is 0.723. The zero-order valence-electron chi connectivity index (χ0n) is 15.8. The molecule has 1 aliphatic rings. The largest absolute Gasteiger partial charge is 0.393 e. The maximum Gasteiger partial charge on any atom is 0.159 e. The minimum atomic E-state index is -0.218. The molecule has 0 radical (unpaired) electrons. The summed E-state index contributed by atoms with van der Waals surface area (Å²) in [5.74, 6) is 1.13. The van der Waals surface area contributed by atoms with E-state index in [4.69, 9.17) is 5.73 Å². The number of nitrogens with two attached hydrogens (primary N) is 1. The van der Waals surface area contributed by atoms with Gasteiger partial charge >= 0.3 is 0 Å². The molecule has 0 atom stereocenters. The highest BCUT2D eigenvalue weighted by Gasteiger charge is 2.21. The Morgan fingerprint density at radius 3 is 2.21 bits per heavy atom. The second-order valence-electron chi connectivity index (χ2n) is 6.90. The van der Waals surface area contributed by atoms with Crippen molar-refractivity contribution in [1.82, 2.24) is 9.97 Å². The number of halogens is 1. The number of aromatic nitrogens is 2. The lowest BCUT2D eigenvalue weighted by atomic mass is 10.2. The molecule has 2 heterocycles. The Labute approximate surface area is 163 Å². The average Bonchev–Trinajstić information content (AvgIpc) is 2.72. The van der Waals surface area contributed by atoms with E-state index in [0.29, 0.717) is 11.5 Å². The lowest BCUT2D eigenvalue weighted by Crippen LogP contribution is -2.47. The van der Waals surface area contributed by atoms with Crippen LogP contribution in [-0.4, -0.2) is 36.1 Å². The van der Waals surface area contributed by atoms with Gasteiger partial charge in [-0.05, 0) is 43.3 Å². The number of piperazine rings is 1. The summed E-state index contributed by atoms with van der Waals surface area (Å²) in [5, 5.41) is 3.27. The van der Waals surface area contributed by atoms with Gasteiger partial charge in [-0.2, -0.15) is 0 Å². The Morgan fingerprint density at radius 1 is 0.893 bits per heavy atom. The third kappa shape index (κ3) is 3.83. The average molecular weight is 378 g/mol. The van der Waals surface area contributed by atoms with Crippen LogP contribution in [0, 0.1) is 12.7 Å². The van der Waals surface area contributed by atoms with Gasteiger partial charge in [0.15, 0.2) is 11.6 Å². The minimum absolute atomic E-state index is 0.218. The first-order valence-electron chi connectivity index (χ1n) is 9.30. The van der Waals surface area contributed by atoms with Crippen LogP contribution in [0.15, 0.2) is 54.9 Å². The molecule has 4 rings (SSSR count). The molecule has 0 saturated carbocycles. The maximum absolute atomic E-state index is 13.1. The number of hydrogen-bond donors (Lipinski definition) is 2. The topological polar surface area (TPSA) is 70.3 Å². The summed E-state index contributed by atoms with van der Waals surface area (Å²) >= 11 is 0. The molecule has 6 nitrogen and oxygen atoms in total. The number of nitrogens with zero attached hydrogens (tertiary/aromatic N) is 4. The molecule has 3 N–H and O–H groups in total. The highest BCUT2D eigenvalue weighted by molar-refractivity contribution is 5.78. The first-order chi connectivity index (χ1) is 13.6. The van der Waals surface area contributed by atoms with E-state index in [1.165, 1.54) is 24.0 Å². The van der Waals surface area contributed by atoms with Crippen molar-refractivity contribution in [2.75, 3.05) is 47.0 Å². The SMILES string of the molecule is Cc1ccc(Nc2ncnc(N3CCN(c4ccc(F)cc4)CC3)c2N)cc1. The monoisotopic (exact) mass is 378 g/mol. The van der Waals surface area contributed by atoms with Gasteiger partial charge in [-0.3, -0.25) is 0 Å². The molecule has 2 aromatic carbocycles. The standard InChI is InChI=1S/C21H23FN6/c1-15-2-6-17(7-3-15)26-20-19(23)21(25-14-24-20)28-12-10-27(11-13-28)18-8-4-16(22)5-9-18/h2-9,14H,10-13,23H2,1H3,(H,24,25,26). The number of nitrogens with one attached hydrogen (secondary N) is 1. The summed E-state index contributed by atoms with van der Waals surface area (Å²) in [6.45, 7) is 5.24. The van der Waals surface area contributed by atoms with Crippen LogP contribution in [0.25, 0.3) is 0 Å². The van der Waals surface area contributed by atoms with Gasteiger partial charge in [-0.25, -0.2) is 14.4 Å². The van der Waals surface area contributed by atoms with E-state index >= 15 is 0 Å². The van der Waals surface area contributed by atoms with Crippen LogP contribution >= 0.6 is 0 Å². The lowest BCUT2D eigenvalue weighted by Gasteiger charge is -2.37. The van der Waals surface area contributed by atoms with Gasteiger partial charge in [0.2, 0.25) is 0 Å². The predicted molar refractivity (Wildman–Crippen MR) is 112 cm³/mol. The molecule has 0 amide bonds. The summed E-state index contributed by atoms with van der Waals surface area (Å²) in [6.07, 6.45) is 1.54. The molecule has 1 fully saturated rings. The Bertz CT molecular complexity index is 934. The molecular formula is C21H23FN6. The highest BCUT2D eigenvalue weighted by Crippen LogP contribution is 2.29. The first kappa shape index (κ1) is 18.0. The molecule has 144 valence electrons. The van der Waals surface area contributed by atoms with Gasteiger partial charge < -0.3 is 20.9 Å². The summed E-state index contributed by atoms with van der Waals surface area (Å²) < 4.78 is 13.1. The van der Waals surface area contributed by atoms with Crippen molar-refractivity contribution < 1.29 is 4.39 Å². The van der Waals surface area contributed by atoms with Crippen molar-refractivity contribution in [2.45, 2.75) is 6.92 Å². The number of aryl methyl sites for hydroxylation is 1. The van der Waals surface area contributed by atoms with E-state index in [2.05, 4.69) is 25.1 Å². The van der Waals surface area contributed by atoms with E-state index < -0.39 is 0 Å². The van der Waals surface area contributed by atoms with Gasteiger partial charge in [0.25, 0.3) is 0 Å². The smallest absolute Gasteiger partial charge is 0.159 e. The molecule has 0 bridgehead atoms. The van der Waals surface area contributed by atoms with E-state index in [0.717, 1.165) is 43.4 Å². The van der Waals surface area contributed by atoms with Crippen LogP contribution in [0.4, 0.5) is 33.1 Å². The van der Waals surface area contributed by atoms with E-state index in [1.54, 1.807) is 0 Å². The van der Waals surface area contributed by atoms with E-state index in [9.17, 15) is 4.39 Å². The highest BCUT2D eigenvalue weighted by atomic mass is 19.1. The van der Waals surface area contributed by atoms with Gasteiger partial charge in [-0.15, -0.1) is 0 Å². The fourth-order valence-electron chi connectivity index (χ4n) is 3.34. The van der Waals surface area contributed by atoms with Crippen LogP contribution in [0.1, 0.15) is 5.56 Å². The molecule has 1 aromatic heterocycles. The van der Waals surface area contributed by atoms with Gasteiger partial charge in [-0.1, -0.05) is 17.7 Å². The van der Waals surface area contributed by atoms with Crippen molar-refractivity contribution in [2.24, 2.45) is 0 Å². The number of hydrogen-bond acceptors (Lipinski definition) is 6. The van der Waals surface area contributed by atoms with Crippen LogP contribution in [0.3, 0.4) is 0 Å². The molecule has 28 heavy (non-hydrogen) atoms. The second kappa shape index (κ2) is 7.72. The molecular weight excluding hydrogens is 355 g/mol. The van der Waals surface area contributed by atoms with Crippen molar-refractivity contribution in [3.8, 4) is 0 Å². The van der Waals surface area contributed by atoms with Crippen LogP contribution in [0.2, 0.25) is 0 Å². The second-order valence-corrected chi connectivity index (χ2v) is 6.90. The molecule has 3 aromatic rings. The molecule has 7 heteroatoms. The number of nitrogen functional groups attached to an aromatic ring is 1. The fourth-order valence-corrected chi connectivity index (χ4v) is 3.34. The van der Waals surface area contributed by atoms with Crippen molar-refractivity contribution in [3.05, 3.63) is 66.2 Å². The summed E-state index contributed by atoms with van der Waals surface area (Å²) in [6, 6.07) is 14.7. The van der Waals surface area contributed by atoms with Gasteiger partial charge in [0.1, 0.15) is 17.8 Å². The Balaban J connectivity index is 1.46. The third-order valence-electron chi connectivity index (χ3n) is 4.95. The van der Waals surface area contributed by atoms with Crippen molar-refractivity contribution in [1.29, 1.82) is 0 Å². The zero-order chi connectivity index (χ0) is 19.5. The van der Waals surface area contributed by atoms with Gasteiger partial charge in [0.05, 0.1) is 0 Å². The van der Waals surface area contributed by atoms with Crippen LogP contribution < -0.4 is 20.9 Å². The molecule has 0 spiro atoms. The molecule has 0 aliphatic carbocycles. The minimum Gasteiger partial charge on any atom is -0.393 e. The summed E-state index contributed by atoms with van der Waals surface area (Å²) in [5.41, 5.74) is 10.1. The van der Waals surface area contributed by atoms with Crippen LogP contribution in [0.5, 0.6) is 0 Å². The lowest BCUT2D eigenvalue weighted by molar-refractivity contribution is 0.624. The Hall–Kier alpha value is -3.35. The summed E-state index contributed by atoms with van der Waals surface area (Å²) in [4.78, 5) is 13.1. The van der Waals surface area contributed by atoms with Crippen LogP contribution in [-0.2, 0) is 0 Å². The summed E-state index contributed by atoms with van der Waals surface area (Å²) in [7, 11) is 0. The van der Waals surface area contributed by atoms with Crippen molar-refractivity contribution in [3.63, 3.8) is 0 Å². The Morgan fingerprint density at radius 2 is 1.54 bits per heavy atom. The first-order valence-corrected chi connectivity index (χ1v) is 9.30. The predicted octanol–water partition coefficient (Wildman–Crippen LogP) is 3.58. The molecule has 1 saturated heterocycles. The van der Waals surface area contributed by atoms with E-state index in [1.807, 2.05) is 43.3 Å². The maximum atomic E-state index is 13.1. The normalized spacial score (nSPS) is 14.2. The number of rotatable bonds is 4. The van der Waals surface area contributed by atoms with Gasteiger partial charge in [0, 0.05) is 37.6 Å². The molecule has 1 aliphatic heterocycles. The van der Waals surface area contributed by atoms with E-state index in [-0.39, 0.29) is 5.82 Å². The third-order valence-corrected chi connectivity index (χ3v) is 4.95. The molecule has 0 unspecified atom stereocenters. The number of anilines is 5. The fraction of sp³-hybridized carbons (Fsp3) is 0.238. The van der Waals surface area contributed by atoms with Crippen molar-refractivity contribution >= 4 is 28.7 Å². The number of benzene rings is 2.